The maximum absolute atomic E-state index is 12.6. The van der Waals surface area contributed by atoms with Gasteiger partial charge in [0.05, 0.1) is 12.3 Å². The highest BCUT2D eigenvalue weighted by Crippen LogP contribution is 2.33. The van der Waals surface area contributed by atoms with Crippen LogP contribution >= 0.6 is 0 Å². The highest BCUT2D eigenvalue weighted by atomic mass is 19.3. The Hall–Kier alpha value is -3.00. The van der Waals surface area contributed by atoms with Gasteiger partial charge in [0.25, 0.3) is 5.56 Å². The van der Waals surface area contributed by atoms with Gasteiger partial charge < -0.3 is 9.47 Å². The van der Waals surface area contributed by atoms with E-state index in [1.807, 2.05) is 12.1 Å². The van der Waals surface area contributed by atoms with Gasteiger partial charge in [-0.15, -0.1) is 0 Å². The molecule has 2 heterocycles. The van der Waals surface area contributed by atoms with Gasteiger partial charge in [-0.05, 0) is 49.6 Å². The molecule has 30 heavy (non-hydrogen) atoms. The van der Waals surface area contributed by atoms with Crippen LogP contribution in [0.3, 0.4) is 0 Å². The highest BCUT2D eigenvalue weighted by molar-refractivity contribution is 5.43. The van der Waals surface area contributed by atoms with Crippen molar-refractivity contribution >= 4 is 5.65 Å². The fraction of sp³-hybridized carbons (Fsp3) is 0.364. The summed E-state index contributed by atoms with van der Waals surface area (Å²) in [6.45, 7) is 0.357. The standard InChI is InChI=1S/C22H23F2N3O3/c1-2-29-19-11-15(6-9-18(19)30-22(23)24)13-26(17-7-8-17)14-16-12-21(28)27-10-4-3-5-20(27)25-16/h3-6,9-12,17,22H,2,7-8,13-14H2,1H3. The molecule has 158 valence electrons. The maximum atomic E-state index is 12.6. The summed E-state index contributed by atoms with van der Waals surface area (Å²) in [5.41, 5.74) is 2.13. The molecule has 0 aliphatic heterocycles. The molecular formula is C22H23F2N3O3. The Morgan fingerprint density at radius 1 is 1.17 bits per heavy atom. The first-order valence-electron chi connectivity index (χ1n) is 9.95. The summed E-state index contributed by atoms with van der Waals surface area (Å²) in [7, 11) is 0. The fourth-order valence-electron chi connectivity index (χ4n) is 3.49. The molecule has 6 nitrogen and oxygen atoms in total. The molecule has 4 rings (SSSR count). The number of fused-ring (bicyclic) bond motifs is 1. The van der Waals surface area contributed by atoms with Crippen LogP contribution in [-0.4, -0.2) is 33.5 Å². The number of halogens is 2. The second-order valence-electron chi connectivity index (χ2n) is 7.24. The Labute approximate surface area is 172 Å². The van der Waals surface area contributed by atoms with Gasteiger partial charge in [-0.2, -0.15) is 8.78 Å². The molecule has 0 bridgehead atoms. The molecule has 0 N–H and O–H groups in total. The summed E-state index contributed by atoms with van der Waals surface area (Å²) in [5.74, 6) is 0.325. The lowest BCUT2D eigenvalue weighted by molar-refractivity contribution is -0.0514. The van der Waals surface area contributed by atoms with Crippen molar-refractivity contribution in [3.05, 3.63) is 70.3 Å². The third kappa shape index (κ3) is 4.76. The largest absolute Gasteiger partial charge is 0.490 e. The number of alkyl halides is 2. The van der Waals surface area contributed by atoms with E-state index >= 15 is 0 Å². The summed E-state index contributed by atoms with van der Waals surface area (Å²) in [6, 6.07) is 12.4. The second-order valence-corrected chi connectivity index (χ2v) is 7.24. The first-order valence-corrected chi connectivity index (χ1v) is 9.95. The number of nitrogens with zero attached hydrogens (tertiary/aromatic N) is 3. The van der Waals surface area contributed by atoms with E-state index in [4.69, 9.17) is 4.74 Å². The number of ether oxygens (including phenoxy) is 2. The molecule has 3 aromatic rings. The molecule has 0 saturated heterocycles. The lowest BCUT2D eigenvalue weighted by Gasteiger charge is -2.22. The van der Waals surface area contributed by atoms with Crippen LogP contribution in [0.15, 0.2) is 53.5 Å². The Morgan fingerprint density at radius 2 is 2.00 bits per heavy atom. The van der Waals surface area contributed by atoms with Gasteiger partial charge in [0.2, 0.25) is 0 Å². The average Bonchev–Trinajstić information content (AvgIpc) is 3.55. The Bertz CT molecular complexity index is 1080. The van der Waals surface area contributed by atoms with E-state index in [-0.39, 0.29) is 11.3 Å². The third-order valence-corrected chi connectivity index (χ3v) is 4.96. The van der Waals surface area contributed by atoms with Crippen molar-refractivity contribution in [2.75, 3.05) is 6.61 Å². The molecule has 1 aliphatic carbocycles. The van der Waals surface area contributed by atoms with Crippen LogP contribution in [-0.2, 0) is 13.1 Å². The zero-order chi connectivity index (χ0) is 21.1. The highest BCUT2D eigenvalue weighted by Gasteiger charge is 2.29. The SMILES string of the molecule is CCOc1cc(CN(Cc2cc(=O)n3ccccc3n2)C2CC2)ccc1OC(F)F. The van der Waals surface area contributed by atoms with Crippen molar-refractivity contribution in [1.29, 1.82) is 0 Å². The molecule has 0 radical (unpaired) electrons. The van der Waals surface area contributed by atoms with Crippen molar-refractivity contribution in [2.24, 2.45) is 0 Å². The maximum Gasteiger partial charge on any atom is 0.387 e. The predicted octanol–water partition coefficient (Wildman–Crippen LogP) is 3.86. The van der Waals surface area contributed by atoms with Gasteiger partial charge in [0.1, 0.15) is 5.65 Å². The normalized spacial score (nSPS) is 13.9. The van der Waals surface area contributed by atoms with E-state index in [0.29, 0.717) is 42.8 Å². The molecule has 1 aliphatic rings. The van der Waals surface area contributed by atoms with Gasteiger partial charge in [-0.25, -0.2) is 4.98 Å². The van der Waals surface area contributed by atoms with Crippen LogP contribution in [0.2, 0.25) is 0 Å². The number of benzene rings is 1. The lowest BCUT2D eigenvalue weighted by Crippen LogP contribution is -2.27. The number of pyridine rings is 1. The van der Waals surface area contributed by atoms with E-state index in [2.05, 4.69) is 14.6 Å². The molecule has 2 aromatic heterocycles. The van der Waals surface area contributed by atoms with Gasteiger partial charge in [0, 0.05) is 31.4 Å². The molecule has 0 spiro atoms. The molecule has 1 fully saturated rings. The summed E-state index contributed by atoms with van der Waals surface area (Å²) in [4.78, 5) is 19.2. The first-order chi connectivity index (χ1) is 14.5. The minimum absolute atomic E-state index is 0.0257. The lowest BCUT2D eigenvalue weighted by atomic mass is 10.1. The van der Waals surface area contributed by atoms with E-state index in [0.717, 1.165) is 18.4 Å². The molecule has 1 aromatic carbocycles. The van der Waals surface area contributed by atoms with Crippen molar-refractivity contribution in [3.63, 3.8) is 0 Å². The minimum atomic E-state index is -2.91. The number of hydrogen-bond acceptors (Lipinski definition) is 5. The zero-order valence-electron chi connectivity index (χ0n) is 16.6. The zero-order valence-corrected chi connectivity index (χ0v) is 16.6. The average molecular weight is 415 g/mol. The van der Waals surface area contributed by atoms with Gasteiger partial charge in [-0.1, -0.05) is 12.1 Å². The van der Waals surface area contributed by atoms with Crippen molar-refractivity contribution in [1.82, 2.24) is 14.3 Å². The van der Waals surface area contributed by atoms with E-state index in [9.17, 15) is 13.6 Å². The number of hydrogen-bond donors (Lipinski definition) is 0. The van der Waals surface area contributed by atoms with Crippen LogP contribution < -0.4 is 15.0 Å². The van der Waals surface area contributed by atoms with Crippen LogP contribution in [0.5, 0.6) is 11.5 Å². The predicted molar refractivity (Wildman–Crippen MR) is 108 cm³/mol. The molecular weight excluding hydrogens is 392 g/mol. The first kappa shape index (κ1) is 20.3. The summed E-state index contributed by atoms with van der Waals surface area (Å²) >= 11 is 0. The Balaban J connectivity index is 1.56. The second kappa shape index (κ2) is 8.79. The van der Waals surface area contributed by atoms with E-state index in [1.165, 1.54) is 10.5 Å². The molecule has 1 saturated carbocycles. The monoisotopic (exact) mass is 415 g/mol. The summed E-state index contributed by atoms with van der Waals surface area (Å²) in [5, 5.41) is 0. The van der Waals surface area contributed by atoms with Crippen LogP contribution in [0.25, 0.3) is 5.65 Å². The molecule has 0 unspecified atom stereocenters. The van der Waals surface area contributed by atoms with Crippen LogP contribution in [0, 0.1) is 0 Å². The number of aromatic nitrogens is 2. The Morgan fingerprint density at radius 3 is 2.73 bits per heavy atom. The molecule has 0 atom stereocenters. The molecule has 0 amide bonds. The van der Waals surface area contributed by atoms with Gasteiger partial charge in [0.15, 0.2) is 11.5 Å². The van der Waals surface area contributed by atoms with Gasteiger partial charge in [-0.3, -0.25) is 14.1 Å². The third-order valence-electron chi connectivity index (χ3n) is 4.96. The minimum Gasteiger partial charge on any atom is -0.490 e. The quantitative estimate of drug-likeness (QED) is 0.531. The molecule has 8 heteroatoms. The topological polar surface area (TPSA) is 56.1 Å². The summed E-state index contributed by atoms with van der Waals surface area (Å²) in [6.07, 6.45) is 3.86. The van der Waals surface area contributed by atoms with Crippen molar-refractivity contribution in [2.45, 2.75) is 45.5 Å². The van der Waals surface area contributed by atoms with E-state index in [1.54, 1.807) is 37.4 Å². The van der Waals surface area contributed by atoms with Gasteiger partial charge >= 0.3 is 6.61 Å². The van der Waals surface area contributed by atoms with Crippen molar-refractivity contribution < 1.29 is 18.3 Å². The number of rotatable bonds is 9. The van der Waals surface area contributed by atoms with Crippen LogP contribution in [0.1, 0.15) is 31.0 Å². The van der Waals surface area contributed by atoms with Crippen LogP contribution in [0.4, 0.5) is 8.78 Å². The smallest absolute Gasteiger partial charge is 0.387 e. The Kier molecular flexibility index (Phi) is 5.94. The fourth-order valence-corrected chi connectivity index (χ4v) is 3.49. The van der Waals surface area contributed by atoms with E-state index < -0.39 is 6.61 Å². The summed E-state index contributed by atoms with van der Waals surface area (Å²) < 4.78 is 36.8. The van der Waals surface area contributed by atoms with Crippen molar-refractivity contribution in [3.8, 4) is 11.5 Å².